The quantitative estimate of drug-likeness (QED) is 0.743. The van der Waals surface area contributed by atoms with Crippen LogP contribution in [0.3, 0.4) is 0 Å². The number of nitrogens with zero attached hydrogens (tertiary/aromatic N) is 4. The molecular weight excluding hydrogens is 212 g/mol. The number of fused-ring (bicyclic) bond motifs is 1. The molecule has 4 nitrogen and oxygen atoms in total. The van der Waals surface area contributed by atoms with Gasteiger partial charge in [-0.1, -0.05) is 0 Å². The summed E-state index contributed by atoms with van der Waals surface area (Å²) in [5.74, 6) is 1.54. The Morgan fingerprint density at radius 3 is 3.07 bits per heavy atom. The number of hydrogen-bond donors (Lipinski definition) is 0. The summed E-state index contributed by atoms with van der Waals surface area (Å²) in [6.45, 7) is 3.79. The van der Waals surface area contributed by atoms with Gasteiger partial charge in [0.15, 0.2) is 5.82 Å². The Labute approximate surface area is 93.5 Å². The Hall–Kier alpha value is -1.29. The van der Waals surface area contributed by atoms with E-state index in [4.69, 9.17) is 11.6 Å². The number of hydrogen-bond acceptors (Lipinski definition) is 3. The van der Waals surface area contributed by atoms with Crippen LogP contribution in [0.15, 0.2) is 24.7 Å². The highest BCUT2D eigenvalue weighted by molar-refractivity contribution is 6.18. The van der Waals surface area contributed by atoms with Gasteiger partial charge in [-0.2, -0.15) is 5.10 Å². The minimum absolute atomic E-state index is 0.602. The fourth-order valence-corrected chi connectivity index (χ4v) is 1.81. The fourth-order valence-electron chi connectivity index (χ4n) is 1.60. The second kappa shape index (κ2) is 4.49. The standard InChI is InChI=1S/C10H13ClN4/c1-2-14(7-4-11)10-9-3-5-13-15(9)8-6-12-10/h3,5-6,8H,2,4,7H2,1H3. The van der Waals surface area contributed by atoms with Crippen molar-refractivity contribution < 1.29 is 0 Å². The first-order valence-corrected chi connectivity index (χ1v) is 5.49. The molecule has 0 amide bonds. The van der Waals surface area contributed by atoms with Crippen molar-refractivity contribution in [3.8, 4) is 0 Å². The molecule has 0 fully saturated rings. The van der Waals surface area contributed by atoms with Crippen LogP contribution >= 0.6 is 11.6 Å². The molecule has 0 atom stereocenters. The Morgan fingerprint density at radius 1 is 1.47 bits per heavy atom. The zero-order chi connectivity index (χ0) is 10.7. The largest absolute Gasteiger partial charge is 0.354 e. The van der Waals surface area contributed by atoms with Gasteiger partial charge in [0.2, 0.25) is 0 Å². The zero-order valence-electron chi connectivity index (χ0n) is 8.60. The lowest BCUT2D eigenvalue weighted by Gasteiger charge is -2.20. The topological polar surface area (TPSA) is 33.4 Å². The van der Waals surface area contributed by atoms with Crippen LogP contribution in [-0.4, -0.2) is 33.6 Å². The van der Waals surface area contributed by atoms with Gasteiger partial charge in [0.1, 0.15) is 5.52 Å². The Morgan fingerprint density at radius 2 is 2.33 bits per heavy atom. The molecule has 0 bridgehead atoms. The van der Waals surface area contributed by atoms with Crippen molar-refractivity contribution >= 4 is 22.9 Å². The van der Waals surface area contributed by atoms with Gasteiger partial charge in [-0.15, -0.1) is 11.6 Å². The molecule has 5 heteroatoms. The molecule has 0 aliphatic heterocycles. The molecule has 80 valence electrons. The minimum Gasteiger partial charge on any atom is -0.354 e. The lowest BCUT2D eigenvalue weighted by atomic mass is 10.4. The van der Waals surface area contributed by atoms with Crippen LogP contribution in [0, 0.1) is 0 Å². The van der Waals surface area contributed by atoms with E-state index in [-0.39, 0.29) is 0 Å². The van der Waals surface area contributed by atoms with E-state index in [1.165, 1.54) is 0 Å². The predicted molar refractivity (Wildman–Crippen MR) is 61.6 cm³/mol. The highest BCUT2D eigenvalue weighted by Crippen LogP contribution is 2.17. The van der Waals surface area contributed by atoms with Crippen LogP contribution in [0.1, 0.15) is 6.92 Å². The van der Waals surface area contributed by atoms with Gasteiger partial charge in [-0.25, -0.2) is 9.50 Å². The van der Waals surface area contributed by atoms with Crippen molar-refractivity contribution in [2.75, 3.05) is 23.9 Å². The van der Waals surface area contributed by atoms with E-state index in [1.807, 2.05) is 16.8 Å². The average molecular weight is 225 g/mol. The molecule has 0 unspecified atom stereocenters. The third-order valence-electron chi connectivity index (χ3n) is 2.34. The number of alkyl halides is 1. The average Bonchev–Trinajstić information content (AvgIpc) is 2.73. The summed E-state index contributed by atoms with van der Waals surface area (Å²) in [6.07, 6.45) is 5.37. The van der Waals surface area contributed by atoms with E-state index >= 15 is 0 Å². The number of aromatic nitrogens is 3. The van der Waals surface area contributed by atoms with Crippen molar-refractivity contribution in [1.82, 2.24) is 14.6 Å². The summed E-state index contributed by atoms with van der Waals surface area (Å²) in [6, 6.07) is 1.96. The normalized spacial score (nSPS) is 10.8. The monoisotopic (exact) mass is 224 g/mol. The van der Waals surface area contributed by atoms with Crippen LogP contribution in [0.4, 0.5) is 5.82 Å². The molecule has 0 aliphatic carbocycles. The van der Waals surface area contributed by atoms with Gasteiger partial charge in [-0.3, -0.25) is 0 Å². The van der Waals surface area contributed by atoms with Crippen molar-refractivity contribution in [2.24, 2.45) is 0 Å². The van der Waals surface area contributed by atoms with Crippen LogP contribution in [0.25, 0.3) is 5.52 Å². The molecule has 0 radical (unpaired) electrons. The van der Waals surface area contributed by atoms with E-state index < -0.39 is 0 Å². The van der Waals surface area contributed by atoms with Crippen LogP contribution in [0.2, 0.25) is 0 Å². The maximum atomic E-state index is 5.76. The van der Waals surface area contributed by atoms with E-state index in [0.717, 1.165) is 24.4 Å². The molecule has 15 heavy (non-hydrogen) atoms. The first-order chi connectivity index (χ1) is 7.36. The number of rotatable bonds is 4. The Kier molecular flexibility index (Phi) is 3.06. The summed E-state index contributed by atoms with van der Waals surface area (Å²) < 4.78 is 1.82. The van der Waals surface area contributed by atoms with Crippen LogP contribution in [-0.2, 0) is 0 Å². The molecule has 2 heterocycles. The van der Waals surface area contributed by atoms with Gasteiger partial charge >= 0.3 is 0 Å². The highest BCUT2D eigenvalue weighted by Gasteiger charge is 2.09. The van der Waals surface area contributed by atoms with Crippen molar-refractivity contribution in [2.45, 2.75) is 6.92 Å². The molecule has 0 spiro atoms. The number of anilines is 1. The SMILES string of the molecule is CCN(CCCl)c1nccn2nccc12. The Bertz CT molecular complexity index is 440. The lowest BCUT2D eigenvalue weighted by Crippen LogP contribution is -2.26. The molecule has 0 saturated carbocycles. The molecule has 0 aliphatic rings. The lowest BCUT2D eigenvalue weighted by molar-refractivity contribution is 0.839. The molecule has 0 N–H and O–H groups in total. The number of halogens is 1. The zero-order valence-corrected chi connectivity index (χ0v) is 9.35. The van der Waals surface area contributed by atoms with E-state index in [1.54, 1.807) is 12.4 Å². The maximum Gasteiger partial charge on any atom is 0.154 e. The van der Waals surface area contributed by atoms with Crippen LogP contribution < -0.4 is 4.90 Å². The fraction of sp³-hybridized carbons (Fsp3) is 0.400. The molecule has 2 aromatic rings. The van der Waals surface area contributed by atoms with Gasteiger partial charge in [0, 0.05) is 31.4 Å². The molecule has 0 saturated heterocycles. The van der Waals surface area contributed by atoms with E-state index in [2.05, 4.69) is 21.9 Å². The van der Waals surface area contributed by atoms with Crippen molar-refractivity contribution in [3.05, 3.63) is 24.7 Å². The summed E-state index contributed by atoms with van der Waals surface area (Å²) in [5.41, 5.74) is 1.02. The van der Waals surface area contributed by atoms with Crippen LogP contribution in [0.5, 0.6) is 0 Å². The van der Waals surface area contributed by atoms with E-state index in [0.29, 0.717) is 5.88 Å². The van der Waals surface area contributed by atoms with Gasteiger partial charge in [-0.05, 0) is 13.0 Å². The maximum absolute atomic E-state index is 5.76. The molecule has 0 aromatic carbocycles. The smallest absolute Gasteiger partial charge is 0.154 e. The van der Waals surface area contributed by atoms with E-state index in [9.17, 15) is 0 Å². The van der Waals surface area contributed by atoms with Crippen molar-refractivity contribution in [3.63, 3.8) is 0 Å². The third-order valence-corrected chi connectivity index (χ3v) is 2.51. The summed E-state index contributed by atoms with van der Waals surface area (Å²) in [4.78, 5) is 6.52. The third kappa shape index (κ3) is 1.90. The van der Waals surface area contributed by atoms with Crippen molar-refractivity contribution in [1.29, 1.82) is 0 Å². The predicted octanol–water partition coefficient (Wildman–Crippen LogP) is 1.79. The molecular formula is C10H13ClN4. The molecule has 2 aromatic heterocycles. The summed E-state index contributed by atoms with van der Waals surface area (Å²) in [5, 5.41) is 4.17. The minimum atomic E-state index is 0.602. The summed E-state index contributed by atoms with van der Waals surface area (Å²) in [7, 11) is 0. The first kappa shape index (κ1) is 10.2. The van der Waals surface area contributed by atoms with Gasteiger partial charge in [0.25, 0.3) is 0 Å². The second-order valence-corrected chi connectivity index (χ2v) is 3.56. The highest BCUT2D eigenvalue weighted by atomic mass is 35.5. The van der Waals surface area contributed by atoms with Gasteiger partial charge < -0.3 is 4.90 Å². The Balaban J connectivity index is 2.44. The molecule has 2 rings (SSSR count). The summed E-state index contributed by atoms with van der Waals surface area (Å²) >= 11 is 5.76. The first-order valence-electron chi connectivity index (χ1n) is 4.96. The van der Waals surface area contributed by atoms with Gasteiger partial charge in [0.05, 0.1) is 6.20 Å². The second-order valence-electron chi connectivity index (χ2n) is 3.18.